The number of halogens is 3. The van der Waals surface area contributed by atoms with Gasteiger partial charge in [0, 0.05) is 6.42 Å². The molecule has 11 heteroatoms. The number of nitrogens with two attached hydrogens (primary N) is 1. The standard InChI is InChI=1S/C13H18N2O4.C2HF3O2/c1-2-19-13(18)11(15-12(17)8-14)7-9-3-5-10(16)6-4-9;3-2(4,5)1(6)7/h3-6,11,16H,2,7-8,14H2,1H3,(H,15,17);(H,6,7)/t11-;/m0./s1. The van der Waals surface area contributed by atoms with Crippen molar-refractivity contribution in [1.29, 1.82) is 0 Å². The van der Waals surface area contributed by atoms with Gasteiger partial charge in [0.05, 0.1) is 13.2 Å². The van der Waals surface area contributed by atoms with Crippen molar-refractivity contribution in [3.05, 3.63) is 29.8 Å². The Bertz CT molecular complexity index is 604. The van der Waals surface area contributed by atoms with Crippen molar-refractivity contribution in [3.63, 3.8) is 0 Å². The summed E-state index contributed by atoms with van der Waals surface area (Å²) in [7, 11) is 0. The summed E-state index contributed by atoms with van der Waals surface area (Å²) in [5, 5.41) is 18.8. The highest BCUT2D eigenvalue weighted by molar-refractivity contribution is 5.85. The molecule has 0 radical (unpaired) electrons. The quantitative estimate of drug-likeness (QED) is 0.529. The van der Waals surface area contributed by atoms with Gasteiger partial charge in [-0.2, -0.15) is 13.2 Å². The number of nitrogens with one attached hydrogen (secondary N) is 1. The molecule has 0 aliphatic rings. The average Bonchev–Trinajstić information content (AvgIpc) is 2.56. The van der Waals surface area contributed by atoms with Crippen LogP contribution in [-0.2, 0) is 25.5 Å². The van der Waals surface area contributed by atoms with Gasteiger partial charge in [0.2, 0.25) is 5.91 Å². The molecule has 0 aromatic heterocycles. The maximum atomic E-state index is 11.7. The van der Waals surface area contributed by atoms with Gasteiger partial charge in [0.25, 0.3) is 0 Å². The van der Waals surface area contributed by atoms with Crippen molar-refractivity contribution in [2.45, 2.75) is 25.6 Å². The number of aliphatic carboxylic acids is 1. The molecule has 0 saturated heterocycles. The number of phenols is 1. The summed E-state index contributed by atoms with van der Waals surface area (Å²) in [6.07, 6.45) is -4.80. The number of rotatable bonds is 6. The lowest BCUT2D eigenvalue weighted by Gasteiger charge is -2.17. The zero-order chi connectivity index (χ0) is 20.3. The van der Waals surface area contributed by atoms with Gasteiger partial charge in [-0.25, -0.2) is 9.59 Å². The van der Waals surface area contributed by atoms with Gasteiger partial charge in [0.1, 0.15) is 11.8 Å². The van der Waals surface area contributed by atoms with Crippen LogP contribution >= 0.6 is 0 Å². The second-order valence-corrected chi connectivity index (χ2v) is 4.75. The SMILES string of the molecule is CCOC(=O)[C@H](Cc1ccc(O)cc1)NC(=O)CN.O=C(O)C(F)(F)F. The number of hydrogen-bond donors (Lipinski definition) is 4. The number of alkyl halides is 3. The lowest BCUT2D eigenvalue weighted by Crippen LogP contribution is -2.45. The van der Waals surface area contributed by atoms with Gasteiger partial charge in [-0.05, 0) is 24.6 Å². The van der Waals surface area contributed by atoms with E-state index in [0.29, 0.717) is 0 Å². The minimum absolute atomic E-state index is 0.141. The van der Waals surface area contributed by atoms with Crippen LogP contribution in [0.5, 0.6) is 5.75 Å². The van der Waals surface area contributed by atoms with Crippen LogP contribution < -0.4 is 11.1 Å². The molecule has 5 N–H and O–H groups in total. The summed E-state index contributed by atoms with van der Waals surface area (Å²) in [6, 6.07) is 5.61. The fourth-order valence-corrected chi connectivity index (χ4v) is 1.56. The van der Waals surface area contributed by atoms with E-state index in [9.17, 15) is 27.9 Å². The smallest absolute Gasteiger partial charge is 0.490 e. The molecule has 0 heterocycles. The summed E-state index contributed by atoms with van der Waals surface area (Å²) >= 11 is 0. The van der Waals surface area contributed by atoms with Crippen LogP contribution in [0, 0.1) is 0 Å². The van der Waals surface area contributed by atoms with E-state index in [1.165, 1.54) is 12.1 Å². The number of phenolic OH excluding ortho intramolecular Hbond substituents is 1. The van der Waals surface area contributed by atoms with Crippen molar-refractivity contribution in [2.24, 2.45) is 5.73 Å². The Labute approximate surface area is 146 Å². The molecular weight excluding hydrogens is 361 g/mol. The maximum Gasteiger partial charge on any atom is 0.490 e. The van der Waals surface area contributed by atoms with Crippen molar-refractivity contribution in [1.82, 2.24) is 5.32 Å². The molecule has 1 amide bonds. The second-order valence-electron chi connectivity index (χ2n) is 4.75. The summed E-state index contributed by atoms with van der Waals surface area (Å²) in [5.41, 5.74) is 6.01. The fraction of sp³-hybridized carbons (Fsp3) is 0.400. The predicted octanol–water partition coefficient (Wildman–Crippen LogP) is 0.575. The molecule has 0 spiro atoms. The Kier molecular flexibility index (Phi) is 9.74. The minimum atomic E-state index is -5.08. The molecule has 0 saturated carbocycles. The van der Waals surface area contributed by atoms with Crippen LogP contribution in [0.4, 0.5) is 13.2 Å². The molecule has 1 rings (SSSR count). The highest BCUT2D eigenvalue weighted by Gasteiger charge is 2.38. The average molecular weight is 380 g/mol. The van der Waals surface area contributed by atoms with Crippen LogP contribution in [0.15, 0.2) is 24.3 Å². The number of amides is 1. The van der Waals surface area contributed by atoms with Crippen LogP contribution in [0.25, 0.3) is 0 Å². The Morgan fingerprint density at radius 3 is 2.12 bits per heavy atom. The van der Waals surface area contributed by atoms with Crippen molar-refractivity contribution >= 4 is 17.8 Å². The minimum Gasteiger partial charge on any atom is -0.508 e. The Morgan fingerprint density at radius 1 is 1.23 bits per heavy atom. The Morgan fingerprint density at radius 2 is 1.73 bits per heavy atom. The fourth-order valence-electron chi connectivity index (χ4n) is 1.56. The van der Waals surface area contributed by atoms with Crippen molar-refractivity contribution in [2.75, 3.05) is 13.2 Å². The zero-order valence-corrected chi connectivity index (χ0v) is 13.7. The largest absolute Gasteiger partial charge is 0.508 e. The third-order valence-corrected chi connectivity index (χ3v) is 2.71. The number of carboxylic acid groups (broad SMARTS) is 1. The van der Waals surface area contributed by atoms with Gasteiger partial charge in [-0.1, -0.05) is 12.1 Å². The van der Waals surface area contributed by atoms with Crippen LogP contribution in [0.3, 0.4) is 0 Å². The molecule has 1 atom stereocenters. The molecule has 146 valence electrons. The first-order valence-electron chi connectivity index (χ1n) is 7.25. The van der Waals surface area contributed by atoms with E-state index in [2.05, 4.69) is 5.32 Å². The van der Waals surface area contributed by atoms with E-state index in [1.807, 2.05) is 0 Å². The normalized spacial score (nSPS) is 11.6. The van der Waals surface area contributed by atoms with E-state index in [0.717, 1.165) is 5.56 Å². The predicted molar refractivity (Wildman–Crippen MR) is 83.1 cm³/mol. The van der Waals surface area contributed by atoms with Crippen molar-refractivity contribution < 1.29 is 42.5 Å². The zero-order valence-electron chi connectivity index (χ0n) is 13.7. The van der Waals surface area contributed by atoms with Crippen molar-refractivity contribution in [3.8, 4) is 5.75 Å². The van der Waals surface area contributed by atoms with Crippen LogP contribution in [-0.4, -0.2) is 53.4 Å². The Balaban J connectivity index is 0.000000758. The molecule has 26 heavy (non-hydrogen) atoms. The molecule has 8 nitrogen and oxygen atoms in total. The summed E-state index contributed by atoms with van der Waals surface area (Å²) in [5.74, 6) is -3.54. The first-order chi connectivity index (χ1) is 12.0. The van der Waals surface area contributed by atoms with Gasteiger partial charge in [-0.15, -0.1) is 0 Å². The van der Waals surface area contributed by atoms with E-state index < -0.39 is 30.1 Å². The number of benzene rings is 1. The van der Waals surface area contributed by atoms with E-state index in [-0.39, 0.29) is 25.3 Å². The molecule has 0 fully saturated rings. The highest BCUT2D eigenvalue weighted by Crippen LogP contribution is 2.13. The summed E-state index contributed by atoms with van der Waals surface area (Å²) in [4.78, 5) is 31.9. The second kappa shape index (κ2) is 10.9. The van der Waals surface area contributed by atoms with Crippen LogP contribution in [0.2, 0.25) is 0 Å². The number of carbonyl (C=O) groups excluding carboxylic acids is 2. The monoisotopic (exact) mass is 380 g/mol. The van der Waals surface area contributed by atoms with E-state index >= 15 is 0 Å². The number of esters is 1. The van der Waals surface area contributed by atoms with E-state index in [4.69, 9.17) is 20.4 Å². The first kappa shape index (κ1) is 23.2. The molecule has 1 aromatic carbocycles. The van der Waals surface area contributed by atoms with E-state index in [1.54, 1.807) is 19.1 Å². The van der Waals surface area contributed by atoms with Gasteiger partial charge in [-0.3, -0.25) is 4.79 Å². The third kappa shape index (κ3) is 9.47. The number of ether oxygens (including phenoxy) is 1. The first-order valence-corrected chi connectivity index (χ1v) is 7.25. The lowest BCUT2D eigenvalue weighted by molar-refractivity contribution is -0.192. The number of aromatic hydroxyl groups is 1. The molecule has 0 bridgehead atoms. The summed E-state index contributed by atoms with van der Waals surface area (Å²) < 4.78 is 36.6. The number of hydrogen-bond acceptors (Lipinski definition) is 6. The van der Waals surface area contributed by atoms with Gasteiger partial charge in [0.15, 0.2) is 0 Å². The van der Waals surface area contributed by atoms with Gasteiger partial charge >= 0.3 is 18.1 Å². The molecule has 1 aromatic rings. The number of carboxylic acids is 1. The molecule has 0 aliphatic heterocycles. The van der Waals surface area contributed by atoms with Gasteiger partial charge < -0.3 is 26.0 Å². The molecular formula is C15H19F3N2O6. The third-order valence-electron chi connectivity index (χ3n) is 2.71. The molecule has 0 unspecified atom stereocenters. The van der Waals surface area contributed by atoms with Crippen LogP contribution in [0.1, 0.15) is 12.5 Å². The Hall–Kier alpha value is -2.82. The summed E-state index contributed by atoms with van der Waals surface area (Å²) in [6.45, 7) is 1.75. The molecule has 0 aliphatic carbocycles. The highest BCUT2D eigenvalue weighted by atomic mass is 19.4. The maximum absolute atomic E-state index is 11.7. The topological polar surface area (TPSA) is 139 Å². The number of carbonyl (C=O) groups is 3. The lowest BCUT2D eigenvalue weighted by atomic mass is 10.1.